The minimum Gasteiger partial charge on any atom is -0.454 e. The Hall–Kier alpha value is -2.97. The van der Waals surface area contributed by atoms with Gasteiger partial charge in [-0.1, -0.05) is 41.6 Å². The van der Waals surface area contributed by atoms with Gasteiger partial charge in [0.1, 0.15) is 0 Å². The first kappa shape index (κ1) is 19.4. The number of carbonyl (C=O) groups is 1. The fourth-order valence-electron chi connectivity index (χ4n) is 2.83. The first-order valence-corrected chi connectivity index (χ1v) is 10.1. The molecule has 7 nitrogen and oxygen atoms in total. The molecule has 1 aliphatic rings. The van der Waals surface area contributed by atoms with Crippen LogP contribution in [0.1, 0.15) is 0 Å². The average Bonchev–Trinajstić information content (AvgIpc) is 3.34. The molecular formula is C20H17ClN4O3S. The molecule has 3 aromatic rings. The van der Waals surface area contributed by atoms with Crippen LogP contribution in [0.3, 0.4) is 0 Å². The van der Waals surface area contributed by atoms with Crippen LogP contribution < -0.4 is 14.8 Å². The third-order valence-corrected chi connectivity index (χ3v) is 5.43. The molecule has 1 amide bonds. The Morgan fingerprint density at radius 3 is 2.90 bits per heavy atom. The predicted octanol–water partition coefficient (Wildman–Crippen LogP) is 4.24. The van der Waals surface area contributed by atoms with Gasteiger partial charge in [-0.25, -0.2) is 0 Å². The number of halogens is 1. The van der Waals surface area contributed by atoms with Gasteiger partial charge in [-0.15, -0.1) is 16.8 Å². The van der Waals surface area contributed by atoms with Crippen molar-refractivity contribution in [2.75, 3.05) is 17.9 Å². The Balaban J connectivity index is 1.46. The van der Waals surface area contributed by atoms with Gasteiger partial charge in [0.2, 0.25) is 12.7 Å². The van der Waals surface area contributed by atoms with E-state index < -0.39 is 0 Å². The number of benzene rings is 2. The fraction of sp³-hybridized carbons (Fsp3) is 0.150. The summed E-state index contributed by atoms with van der Waals surface area (Å²) in [7, 11) is 0. The van der Waals surface area contributed by atoms with Crippen LogP contribution in [0, 0.1) is 0 Å². The largest absolute Gasteiger partial charge is 0.454 e. The monoisotopic (exact) mass is 428 g/mol. The summed E-state index contributed by atoms with van der Waals surface area (Å²) in [4.78, 5) is 12.4. The van der Waals surface area contributed by atoms with E-state index in [0.29, 0.717) is 39.7 Å². The van der Waals surface area contributed by atoms with Gasteiger partial charge in [-0.05, 0) is 24.3 Å². The second kappa shape index (κ2) is 8.59. The van der Waals surface area contributed by atoms with Gasteiger partial charge in [0.05, 0.1) is 10.8 Å². The van der Waals surface area contributed by atoms with Crippen LogP contribution in [0.15, 0.2) is 60.3 Å². The lowest BCUT2D eigenvalue weighted by Gasteiger charge is -2.09. The van der Waals surface area contributed by atoms with E-state index in [1.54, 1.807) is 30.3 Å². The number of hydrogen-bond acceptors (Lipinski definition) is 6. The maximum absolute atomic E-state index is 12.4. The highest BCUT2D eigenvalue weighted by atomic mass is 35.5. The van der Waals surface area contributed by atoms with E-state index in [-0.39, 0.29) is 18.5 Å². The molecule has 0 saturated heterocycles. The standard InChI is InChI=1S/C20H17ClN4O3S/c1-2-9-25-19(14-5-3-4-6-15(14)21)23-24-20(25)29-11-18(26)22-13-7-8-16-17(10-13)28-12-27-16/h2-8,10H,1,9,11-12H2,(H,22,26). The highest BCUT2D eigenvalue weighted by Crippen LogP contribution is 2.34. The summed E-state index contributed by atoms with van der Waals surface area (Å²) in [5.41, 5.74) is 1.42. The second-order valence-corrected chi connectivity index (χ2v) is 7.44. The van der Waals surface area contributed by atoms with Crippen molar-refractivity contribution in [1.82, 2.24) is 14.8 Å². The number of ether oxygens (including phenoxy) is 2. The Kier molecular flexibility index (Phi) is 5.73. The molecular weight excluding hydrogens is 412 g/mol. The molecule has 0 unspecified atom stereocenters. The van der Waals surface area contributed by atoms with Gasteiger partial charge < -0.3 is 14.8 Å². The molecule has 4 rings (SSSR count). The molecule has 0 fully saturated rings. The number of carbonyl (C=O) groups excluding carboxylic acids is 1. The Labute approximate surface area is 176 Å². The summed E-state index contributed by atoms with van der Waals surface area (Å²) in [6.45, 7) is 4.48. The lowest BCUT2D eigenvalue weighted by molar-refractivity contribution is -0.113. The average molecular weight is 429 g/mol. The molecule has 0 aliphatic carbocycles. The highest BCUT2D eigenvalue weighted by molar-refractivity contribution is 7.99. The molecule has 0 spiro atoms. The zero-order valence-corrected chi connectivity index (χ0v) is 16.9. The number of allylic oxidation sites excluding steroid dienone is 1. The molecule has 0 bridgehead atoms. The number of rotatable bonds is 7. The smallest absolute Gasteiger partial charge is 0.234 e. The normalized spacial score (nSPS) is 12.0. The minimum absolute atomic E-state index is 0.165. The highest BCUT2D eigenvalue weighted by Gasteiger charge is 2.18. The molecule has 2 heterocycles. The van der Waals surface area contributed by atoms with Gasteiger partial charge in [0.25, 0.3) is 0 Å². The molecule has 9 heteroatoms. The molecule has 148 valence electrons. The predicted molar refractivity (Wildman–Crippen MR) is 113 cm³/mol. The van der Waals surface area contributed by atoms with Crippen LogP contribution in [-0.4, -0.2) is 33.2 Å². The van der Waals surface area contributed by atoms with Gasteiger partial charge in [-0.2, -0.15) is 0 Å². The van der Waals surface area contributed by atoms with E-state index in [9.17, 15) is 4.79 Å². The quantitative estimate of drug-likeness (QED) is 0.448. The third-order valence-electron chi connectivity index (χ3n) is 4.13. The topological polar surface area (TPSA) is 78.3 Å². The van der Waals surface area contributed by atoms with Crippen molar-refractivity contribution in [3.05, 3.63) is 60.1 Å². The molecule has 2 aromatic carbocycles. The summed E-state index contributed by atoms with van der Waals surface area (Å²) in [5.74, 6) is 1.93. The van der Waals surface area contributed by atoms with Crippen molar-refractivity contribution < 1.29 is 14.3 Å². The summed E-state index contributed by atoms with van der Waals surface area (Å²) in [6, 6.07) is 12.7. The molecule has 1 N–H and O–H groups in total. The zero-order valence-electron chi connectivity index (χ0n) is 15.3. The second-order valence-electron chi connectivity index (χ2n) is 6.09. The Bertz CT molecular complexity index is 1070. The summed E-state index contributed by atoms with van der Waals surface area (Å²) in [6.07, 6.45) is 1.75. The fourth-order valence-corrected chi connectivity index (χ4v) is 3.80. The molecule has 0 radical (unpaired) electrons. The van der Waals surface area contributed by atoms with E-state index in [0.717, 1.165) is 5.56 Å². The van der Waals surface area contributed by atoms with E-state index in [2.05, 4.69) is 22.1 Å². The lowest BCUT2D eigenvalue weighted by Crippen LogP contribution is -2.14. The van der Waals surface area contributed by atoms with Crippen molar-refractivity contribution in [3.8, 4) is 22.9 Å². The lowest BCUT2D eigenvalue weighted by atomic mass is 10.2. The third kappa shape index (κ3) is 4.23. The van der Waals surface area contributed by atoms with Crippen LogP contribution in [-0.2, 0) is 11.3 Å². The van der Waals surface area contributed by atoms with Crippen LogP contribution in [0.5, 0.6) is 11.5 Å². The van der Waals surface area contributed by atoms with Crippen molar-refractivity contribution in [2.45, 2.75) is 11.7 Å². The maximum Gasteiger partial charge on any atom is 0.234 e. The molecule has 1 aromatic heterocycles. The number of fused-ring (bicyclic) bond motifs is 1. The number of nitrogens with one attached hydrogen (secondary N) is 1. The number of nitrogens with zero attached hydrogens (tertiary/aromatic N) is 3. The Morgan fingerprint density at radius 2 is 2.07 bits per heavy atom. The number of anilines is 1. The number of hydrogen-bond donors (Lipinski definition) is 1. The number of aromatic nitrogens is 3. The van der Waals surface area contributed by atoms with Crippen molar-refractivity contribution in [1.29, 1.82) is 0 Å². The van der Waals surface area contributed by atoms with Gasteiger partial charge >= 0.3 is 0 Å². The molecule has 29 heavy (non-hydrogen) atoms. The molecule has 0 saturated carbocycles. The number of amides is 1. The van der Waals surface area contributed by atoms with Crippen LogP contribution in [0.4, 0.5) is 5.69 Å². The van der Waals surface area contributed by atoms with Crippen LogP contribution >= 0.6 is 23.4 Å². The van der Waals surface area contributed by atoms with Crippen LogP contribution in [0.25, 0.3) is 11.4 Å². The Morgan fingerprint density at radius 1 is 1.24 bits per heavy atom. The van der Waals surface area contributed by atoms with E-state index in [1.807, 2.05) is 22.8 Å². The van der Waals surface area contributed by atoms with E-state index in [1.165, 1.54) is 11.8 Å². The van der Waals surface area contributed by atoms with E-state index in [4.69, 9.17) is 21.1 Å². The first-order chi connectivity index (χ1) is 14.2. The molecule has 0 atom stereocenters. The van der Waals surface area contributed by atoms with Gasteiger partial charge in [-0.3, -0.25) is 9.36 Å². The summed E-state index contributed by atoms with van der Waals surface area (Å²) >= 11 is 7.59. The minimum atomic E-state index is -0.165. The summed E-state index contributed by atoms with van der Waals surface area (Å²) in [5, 5.41) is 12.5. The maximum atomic E-state index is 12.4. The van der Waals surface area contributed by atoms with Gasteiger partial charge in [0, 0.05) is 23.9 Å². The van der Waals surface area contributed by atoms with Gasteiger partial charge in [0.15, 0.2) is 22.5 Å². The van der Waals surface area contributed by atoms with Crippen molar-refractivity contribution in [3.63, 3.8) is 0 Å². The van der Waals surface area contributed by atoms with Crippen LogP contribution in [0.2, 0.25) is 5.02 Å². The zero-order chi connectivity index (χ0) is 20.2. The van der Waals surface area contributed by atoms with Crippen molar-refractivity contribution >= 4 is 35.0 Å². The SMILES string of the molecule is C=CCn1c(SCC(=O)Nc2ccc3c(c2)OCO3)nnc1-c1ccccc1Cl. The summed E-state index contributed by atoms with van der Waals surface area (Å²) < 4.78 is 12.5. The van der Waals surface area contributed by atoms with E-state index >= 15 is 0 Å². The number of thioether (sulfide) groups is 1. The first-order valence-electron chi connectivity index (χ1n) is 8.77. The molecule has 1 aliphatic heterocycles. The van der Waals surface area contributed by atoms with Crippen molar-refractivity contribution in [2.24, 2.45) is 0 Å².